The molecule has 0 aromatic heterocycles. The minimum Gasteiger partial charge on any atom is -0.393 e. The van der Waals surface area contributed by atoms with Crippen molar-refractivity contribution in [1.29, 1.82) is 0 Å². The first kappa shape index (κ1) is 8.93. The van der Waals surface area contributed by atoms with Gasteiger partial charge in [-0.25, -0.2) is 0 Å². The third-order valence-electron chi connectivity index (χ3n) is 2.16. The lowest BCUT2D eigenvalue weighted by molar-refractivity contribution is -0.217. The fourth-order valence-electron chi connectivity index (χ4n) is 1.20. The van der Waals surface area contributed by atoms with Crippen molar-refractivity contribution in [2.24, 2.45) is 11.7 Å². The van der Waals surface area contributed by atoms with Crippen LogP contribution in [0.3, 0.4) is 0 Å². The van der Waals surface area contributed by atoms with Crippen LogP contribution < -0.4 is 5.73 Å². The number of nitrogens with two attached hydrogens (primary N) is 1. The van der Waals surface area contributed by atoms with Crippen LogP contribution in [0.1, 0.15) is 13.3 Å². The second-order valence-electron chi connectivity index (χ2n) is 3.05. The molecule has 1 aliphatic heterocycles. The van der Waals surface area contributed by atoms with E-state index in [1.165, 1.54) is 0 Å². The zero-order valence-corrected chi connectivity index (χ0v) is 6.60. The molecule has 0 aromatic carbocycles. The molecule has 4 nitrogen and oxygen atoms in total. The summed E-state index contributed by atoms with van der Waals surface area (Å²) in [7, 11) is 0. The highest BCUT2D eigenvalue weighted by molar-refractivity contribution is 4.78. The summed E-state index contributed by atoms with van der Waals surface area (Å²) in [6.45, 7) is 2.10. The molecule has 0 amide bonds. The van der Waals surface area contributed by atoms with Crippen molar-refractivity contribution >= 4 is 0 Å². The van der Waals surface area contributed by atoms with Gasteiger partial charge in [0, 0.05) is 18.9 Å². The van der Waals surface area contributed by atoms with Crippen LogP contribution in [-0.4, -0.2) is 35.3 Å². The lowest BCUT2D eigenvalue weighted by Gasteiger charge is -2.34. The van der Waals surface area contributed by atoms with Crippen molar-refractivity contribution in [2.75, 3.05) is 6.54 Å². The minimum absolute atomic E-state index is 0.198. The lowest BCUT2D eigenvalue weighted by atomic mass is 9.95. The topological polar surface area (TPSA) is 75.7 Å². The first-order valence-electron chi connectivity index (χ1n) is 3.86. The number of rotatable bonds is 1. The monoisotopic (exact) mass is 161 g/mol. The highest BCUT2D eigenvalue weighted by Gasteiger charge is 2.32. The number of hydrogen-bond acceptors (Lipinski definition) is 4. The zero-order valence-electron chi connectivity index (χ0n) is 6.60. The Morgan fingerprint density at radius 3 is 2.64 bits per heavy atom. The number of aliphatic hydroxyl groups excluding tert-OH is 2. The Hall–Kier alpha value is -0.160. The number of ether oxygens (including phenoxy) is 1. The Morgan fingerprint density at radius 2 is 2.18 bits per heavy atom. The van der Waals surface area contributed by atoms with Crippen molar-refractivity contribution in [1.82, 2.24) is 0 Å². The van der Waals surface area contributed by atoms with Gasteiger partial charge in [-0.1, -0.05) is 6.92 Å². The summed E-state index contributed by atoms with van der Waals surface area (Å²) < 4.78 is 5.09. The van der Waals surface area contributed by atoms with Crippen molar-refractivity contribution < 1.29 is 14.9 Å². The van der Waals surface area contributed by atoms with E-state index in [0.717, 1.165) is 0 Å². The van der Waals surface area contributed by atoms with Gasteiger partial charge in [-0.2, -0.15) is 0 Å². The zero-order chi connectivity index (χ0) is 8.43. The molecule has 2 unspecified atom stereocenters. The first-order valence-corrected chi connectivity index (χ1v) is 3.86. The van der Waals surface area contributed by atoms with E-state index < -0.39 is 12.4 Å². The van der Waals surface area contributed by atoms with E-state index in [-0.39, 0.29) is 12.0 Å². The highest BCUT2D eigenvalue weighted by Crippen LogP contribution is 2.22. The molecule has 0 bridgehead atoms. The fourth-order valence-corrected chi connectivity index (χ4v) is 1.20. The van der Waals surface area contributed by atoms with Gasteiger partial charge in [0.1, 0.15) is 0 Å². The molecule has 0 saturated carbocycles. The van der Waals surface area contributed by atoms with Crippen LogP contribution in [0.2, 0.25) is 0 Å². The van der Waals surface area contributed by atoms with Crippen molar-refractivity contribution in [3.63, 3.8) is 0 Å². The van der Waals surface area contributed by atoms with Crippen molar-refractivity contribution in [2.45, 2.75) is 31.8 Å². The third kappa shape index (κ3) is 1.90. The van der Waals surface area contributed by atoms with Gasteiger partial charge in [-0.3, -0.25) is 0 Å². The Labute approximate surface area is 66.0 Å². The second kappa shape index (κ2) is 3.49. The van der Waals surface area contributed by atoms with Crippen LogP contribution in [0.5, 0.6) is 0 Å². The van der Waals surface area contributed by atoms with Crippen LogP contribution in [0, 0.1) is 5.92 Å². The summed E-state index contributed by atoms with van der Waals surface area (Å²) in [5, 5.41) is 18.6. The molecule has 0 spiro atoms. The van der Waals surface area contributed by atoms with E-state index in [1.54, 1.807) is 6.92 Å². The molecule has 1 saturated heterocycles. The molecule has 1 heterocycles. The van der Waals surface area contributed by atoms with Gasteiger partial charge < -0.3 is 20.7 Å². The maximum absolute atomic E-state index is 9.35. The summed E-state index contributed by atoms with van der Waals surface area (Å²) >= 11 is 0. The normalized spacial score (nSPS) is 45.8. The van der Waals surface area contributed by atoms with Crippen LogP contribution >= 0.6 is 0 Å². The average Bonchev–Trinajstić information content (AvgIpc) is 1.99. The van der Waals surface area contributed by atoms with E-state index in [4.69, 9.17) is 10.5 Å². The van der Waals surface area contributed by atoms with E-state index in [1.807, 2.05) is 0 Å². The highest BCUT2D eigenvalue weighted by atomic mass is 16.6. The predicted octanol–water partition coefficient (Wildman–Crippen LogP) is -0.951. The summed E-state index contributed by atoms with van der Waals surface area (Å²) in [5.74, 6) is -0.210. The molecule has 1 rings (SSSR count). The maximum Gasteiger partial charge on any atom is 0.159 e. The fraction of sp³-hybridized carbons (Fsp3) is 1.00. The van der Waals surface area contributed by atoms with Crippen LogP contribution in [-0.2, 0) is 4.74 Å². The molecule has 66 valence electrons. The van der Waals surface area contributed by atoms with Gasteiger partial charge in [0.2, 0.25) is 0 Å². The van der Waals surface area contributed by atoms with Crippen molar-refractivity contribution in [3.8, 4) is 0 Å². The van der Waals surface area contributed by atoms with E-state index in [0.29, 0.717) is 13.0 Å². The summed E-state index contributed by atoms with van der Waals surface area (Å²) in [5.41, 5.74) is 5.33. The Morgan fingerprint density at radius 1 is 1.55 bits per heavy atom. The van der Waals surface area contributed by atoms with Crippen LogP contribution in [0.4, 0.5) is 0 Å². The Kier molecular flexibility index (Phi) is 2.84. The van der Waals surface area contributed by atoms with Crippen LogP contribution in [0.15, 0.2) is 0 Å². The summed E-state index contributed by atoms with van der Waals surface area (Å²) in [6.07, 6.45) is -1.04. The SMILES string of the molecule is C[C@@H]1C(O)CC(CN)O[C@@H]1O. The number of hydrogen-bond donors (Lipinski definition) is 3. The van der Waals surface area contributed by atoms with Gasteiger partial charge >= 0.3 is 0 Å². The predicted molar refractivity (Wildman–Crippen MR) is 39.7 cm³/mol. The lowest BCUT2D eigenvalue weighted by Crippen LogP contribution is -2.45. The molecule has 0 radical (unpaired) electrons. The second-order valence-corrected chi connectivity index (χ2v) is 3.05. The van der Waals surface area contributed by atoms with Gasteiger partial charge in [0.25, 0.3) is 0 Å². The molecule has 1 fully saturated rings. The molecule has 0 aromatic rings. The van der Waals surface area contributed by atoms with Crippen molar-refractivity contribution in [3.05, 3.63) is 0 Å². The van der Waals surface area contributed by atoms with E-state index in [2.05, 4.69) is 0 Å². The first-order chi connectivity index (χ1) is 5.15. The Bertz CT molecular complexity index is 119. The largest absolute Gasteiger partial charge is 0.393 e. The smallest absolute Gasteiger partial charge is 0.159 e. The maximum atomic E-state index is 9.35. The molecule has 4 atom stereocenters. The van der Waals surface area contributed by atoms with Gasteiger partial charge in [-0.05, 0) is 0 Å². The van der Waals surface area contributed by atoms with Crippen LogP contribution in [0.25, 0.3) is 0 Å². The summed E-state index contributed by atoms with van der Waals surface area (Å²) in [6, 6.07) is 0. The Balaban J connectivity index is 2.47. The molecular formula is C7H15NO3. The molecule has 11 heavy (non-hydrogen) atoms. The van der Waals surface area contributed by atoms with Gasteiger partial charge in [0.15, 0.2) is 6.29 Å². The van der Waals surface area contributed by atoms with Gasteiger partial charge in [-0.15, -0.1) is 0 Å². The van der Waals surface area contributed by atoms with Gasteiger partial charge in [0.05, 0.1) is 12.2 Å². The third-order valence-corrected chi connectivity index (χ3v) is 2.16. The summed E-state index contributed by atoms with van der Waals surface area (Å²) in [4.78, 5) is 0. The molecule has 0 aliphatic carbocycles. The molecular weight excluding hydrogens is 146 g/mol. The van der Waals surface area contributed by atoms with E-state index >= 15 is 0 Å². The minimum atomic E-state index is -0.868. The van der Waals surface area contributed by atoms with E-state index in [9.17, 15) is 10.2 Å². The molecule has 1 aliphatic rings. The standard InChI is InChI=1S/C7H15NO3/c1-4-6(9)2-5(3-8)11-7(4)10/h4-7,9-10H,2-3,8H2,1H3/t4-,5?,6?,7+/m1/s1. The number of aliphatic hydroxyl groups is 2. The molecule has 4 N–H and O–H groups in total. The molecule has 4 heteroatoms. The average molecular weight is 161 g/mol. The quantitative estimate of drug-likeness (QED) is 0.463.